The molecule has 5 rings (SSSR count). The SMILES string of the molecule is NS(=O)(=O)c1cccc(Nc2ncc3ccc4nc(N5CCOCC5)sc4c3n2)c1. The van der Waals surface area contributed by atoms with E-state index < -0.39 is 10.0 Å². The van der Waals surface area contributed by atoms with E-state index in [1.807, 2.05) is 12.1 Å². The van der Waals surface area contributed by atoms with Crippen LogP contribution in [0.25, 0.3) is 21.1 Å². The van der Waals surface area contributed by atoms with E-state index in [4.69, 9.17) is 14.9 Å². The van der Waals surface area contributed by atoms with Crippen LogP contribution in [-0.2, 0) is 14.8 Å². The van der Waals surface area contributed by atoms with Gasteiger partial charge in [0.05, 0.1) is 33.8 Å². The maximum absolute atomic E-state index is 11.6. The molecule has 0 unspecified atom stereocenters. The lowest BCUT2D eigenvalue weighted by atomic mass is 10.2. The number of nitrogens with two attached hydrogens (primary N) is 1. The highest BCUT2D eigenvalue weighted by atomic mass is 32.2. The lowest BCUT2D eigenvalue weighted by Crippen LogP contribution is -2.36. The van der Waals surface area contributed by atoms with Gasteiger partial charge in [-0.05, 0) is 30.3 Å². The van der Waals surface area contributed by atoms with Crippen molar-refractivity contribution in [2.75, 3.05) is 36.5 Å². The van der Waals surface area contributed by atoms with E-state index in [0.717, 1.165) is 39.3 Å². The number of morpholine rings is 1. The van der Waals surface area contributed by atoms with E-state index in [2.05, 4.69) is 20.2 Å². The molecule has 0 spiro atoms. The van der Waals surface area contributed by atoms with Crippen molar-refractivity contribution >= 4 is 59.2 Å². The number of nitrogens with zero attached hydrogens (tertiary/aromatic N) is 4. The smallest absolute Gasteiger partial charge is 0.238 e. The lowest BCUT2D eigenvalue weighted by Gasteiger charge is -2.25. The van der Waals surface area contributed by atoms with Crippen molar-refractivity contribution in [1.29, 1.82) is 0 Å². The van der Waals surface area contributed by atoms with E-state index >= 15 is 0 Å². The number of primary sulfonamides is 1. The zero-order chi connectivity index (χ0) is 20.7. The van der Waals surface area contributed by atoms with Crippen LogP contribution in [-0.4, -0.2) is 49.7 Å². The Labute approximate surface area is 176 Å². The highest BCUT2D eigenvalue weighted by Crippen LogP contribution is 2.34. The maximum Gasteiger partial charge on any atom is 0.238 e. The topological polar surface area (TPSA) is 123 Å². The van der Waals surface area contributed by atoms with E-state index in [1.165, 1.54) is 12.1 Å². The first-order valence-corrected chi connectivity index (χ1v) is 11.6. The predicted octanol–water partition coefficient (Wildman–Crippen LogP) is 2.47. The minimum absolute atomic E-state index is 0.0216. The fraction of sp³-hybridized carbons (Fsp3) is 0.211. The Morgan fingerprint density at radius 3 is 2.77 bits per heavy atom. The van der Waals surface area contributed by atoms with Crippen molar-refractivity contribution in [2.24, 2.45) is 5.14 Å². The molecular formula is C19H18N6O3S2. The molecular weight excluding hydrogens is 424 g/mol. The van der Waals surface area contributed by atoms with Crippen molar-refractivity contribution in [1.82, 2.24) is 15.0 Å². The zero-order valence-corrected chi connectivity index (χ0v) is 17.4. The summed E-state index contributed by atoms with van der Waals surface area (Å²) < 4.78 is 29.6. The summed E-state index contributed by atoms with van der Waals surface area (Å²) in [6, 6.07) is 10.2. The molecule has 0 radical (unpaired) electrons. The van der Waals surface area contributed by atoms with Gasteiger partial charge in [0.2, 0.25) is 16.0 Å². The Hall–Kier alpha value is -2.86. The van der Waals surface area contributed by atoms with Gasteiger partial charge in [0.1, 0.15) is 0 Å². The van der Waals surface area contributed by atoms with Gasteiger partial charge in [-0.15, -0.1) is 0 Å². The molecule has 0 bridgehead atoms. The molecule has 1 fully saturated rings. The van der Waals surface area contributed by atoms with Crippen LogP contribution in [0, 0.1) is 0 Å². The molecule has 3 N–H and O–H groups in total. The molecule has 1 saturated heterocycles. The van der Waals surface area contributed by atoms with Crippen molar-refractivity contribution in [3.63, 3.8) is 0 Å². The number of anilines is 3. The second-order valence-electron chi connectivity index (χ2n) is 6.84. The Balaban J connectivity index is 1.53. The van der Waals surface area contributed by atoms with Crippen LogP contribution >= 0.6 is 11.3 Å². The molecule has 2 aromatic carbocycles. The minimum atomic E-state index is -3.79. The average molecular weight is 443 g/mol. The summed E-state index contributed by atoms with van der Waals surface area (Å²) in [4.78, 5) is 16.0. The average Bonchev–Trinajstić information content (AvgIpc) is 3.19. The van der Waals surface area contributed by atoms with E-state index in [9.17, 15) is 8.42 Å². The standard InChI is InChI=1S/C19H18N6O3S2/c20-30(26,27)14-3-1-2-13(10-14)22-18-21-11-12-4-5-15-17(16(12)24-18)29-19(23-15)25-6-8-28-9-7-25/h1-5,10-11H,6-9H2,(H2,20,26,27)(H,21,22,24). The first-order valence-electron chi connectivity index (χ1n) is 9.26. The molecule has 3 heterocycles. The number of rotatable bonds is 4. The highest BCUT2D eigenvalue weighted by molar-refractivity contribution is 7.89. The van der Waals surface area contributed by atoms with Crippen molar-refractivity contribution < 1.29 is 13.2 Å². The number of thiazole rings is 1. The van der Waals surface area contributed by atoms with Gasteiger partial charge in [-0.3, -0.25) is 0 Å². The van der Waals surface area contributed by atoms with Crippen LogP contribution in [0.3, 0.4) is 0 Å². The molecule has 0 amide bonds. The second kappa shape index (κ2) is 7.43. The zero-order valence-electron chi connectivity index (χ0n) is 15.8. The van der Waals surface area contributed by atoms with Crippen LogP contribution in [0.4, 0.5) is 16.8 Å². The summed E-state index contributed by atoms with van der Waals surface area (Å²) in [6.45, 7) is 3.04. The predicted molar refractivity (Wildman–Crippen MR) is 117 cm³/mol. The van der Waals surface area contributed by atoms with Gasteiger partial charge in [-0.25, -0.2) is 28.5 Å². The quantitative estimate of drug-likeness (QED) is 0.494. The van der Waals surface area contributed by atoms with Gasteiger partial charge in [0.25, 0.3) is 0 Å². The van der Waals surface area contributed by atoms with Gasteiger partial charge in [-0.2, -0.15) is 0 Å². The highest BCUT2D eigenvalue weighted by Gasteiger charge is 2.17. The normalized spacial score (nSPS) is 15.0. The molecule has 1 aliphatic heterocycles. The number of nitrogens with one attached hydrogen (secondary N) is 1. The monoisotopic (exact) mass is 442 g/mol. The van der Waals surface area contributed by atoms with Crippen molar-refractivity contribution in [2.45, 2.75) is 4.90 Å². The third kappa shape index (κ3) is 3.67. The Morgan fingerprint density at radius 1 is 1.13 bits per heavy atom. The van der Waals surface area contributed by atoms with Crippen molar-refractivity contribution in [3.8, 4) is 0 Å². The first kappa shape index (κ1) is 19.1. The van der Waals surface area contributed by atoms with Gasteiger partial charge in [0.15, 0.2) is 5.13 Å². The van der Waals surface area contributed by atoms with Gasteiger partial charge in [-0.1, -0.05) is 17.4 Å². The molecule has 0 saturated carbocycles. The summed E-state index contributed by atoms with van der Waals surface area (Å²) in [5, 5.41) is 10.1. The van der Waals surface area contributed by atoms with Crippen LogP contribution < -0.4 is 15.4 Å². The Bertz CT molecular complexity index is 1350. The molecule has 9 nitrogen and oxygen atoms in total. The van der Waals surface area contributed by atoms with Gasteiger partial charge >= 0.3 is 0 Å². The third-order valence-corrected chi connectivity index (χ3v) is 6.84. The number of sulfonamides is 1. The summed E-state index contributed by atoms with van der Waals surface area (Å²) in [7, 11) is -3.79. The van der Waals surface area contributed by atoms with Crippen LogP contribution in [0.5, 0.6) is 0 Å². The summed E-state index contributed by atoms with van der Waals surface area (Å²) in [5.74, 6) is 0.364. The third-order valence-electron chi connectivity index (χ3n) is 4.80. The number of benzene rings is 2. The number of ether oxygens (including phenoxy) is 1. The van der Waals surface area contributed by atoms with E-state index in [-0.39, 0.29) is 4.90 Å². The fourth-order valence-corrected chi connectivity index (χ4v) is 4.97. The Morgan fingerprint density at radius 2 is 1.97 bits per heavy atom. The molecule has 0 aliphatic carbocycles. The van der Waals surface area contributed by atoms with E-state index in [1.54, 1.807) is 29.7 Å². The summed E-state index contributed by atoms with van der Waals surface area (Å²) in [5.41, 5.74) is 2.21. The second-order valence-corrected chi connectivity index (χ2v) is 9.38. The van der Waals surface area contributed by atoms with Crippen LogP contribution in [0.1, 0.15) is 0 Å². The fourth-order valence-electron chi connectivity index (χ4n) is 3.30. The Kier molecular flexibility index (Phi) is 4.74. The summed E-state index contributed by atoms with van der Waals surface area (Å²) >= 11 is 1.60. The molecule has 2 aromatic heterocycles. The van der Waals surface area contributed by atoms with Crippen LogP contribution in [0.2, 0.25) is 0 Å². The first-order chi connectivity index (χ1) is 14.5. The molecule has 11 heteroatoms. The number of hydrogen-bond acceptors (Lipinski definition) is 9. The molecule has 4 aromatic rings. The molecule has 154 valence electrons. The minimum Gasteiger partial charge on any atom is -0.378 e. The lowest BCUT2D eigenvalue weighted by molar-refractivity contribution is 0.122. The number of fused-ring (bicyclic) bond motifs is 3. The number of hydrogen-bond donors (Lipinski definition) is 2. The van der Waals surface area contributed by atoms with Gasteiger partial charge in [0, 0.05) is 30.4 Å². The summed E-state index contributed by atoms with van der Waals surface area (Å²) in [6.07, 6.45) is 1.74. The van der Waals surface area contributed by atoms with E-state index in [0.29, 0.717) is 24.8 Å². The van der Waals surface area contributed by atoms with Crippen molar-refractivity contribution in [3.05, 3.63) is 42.6 Å². The largest absolute Gasteiger partial charge is 0.378 e. The molecule has 1 aliphatic rings. The molecule has 0 atom stereocenters. The van der Waals surface area contributed by atoms with Gasteiger partial charge < -0.3 is 15.0 Å². The molecule has 30 heavy (non-hydrogen) atoms. The maximum atomic E-state index is 11.6. The van der Waals surface area contributed by atoms with Crippen LogP contribution in [0.15, 0.2) is 47.5 Å². The number of aromatic nitrogens is 3.